The molecule has 1 fully saturated rings. The molecule has 0 bridgehead atoms. The monoisotopic (exact) mass is 353 g/mol. The number of anilines is 1. The first-order chi connectivity index (χ1) is 11.8. The zero-order chi connectivity index (χ0) is 18.6. The lowest BCUT2D eigenvalue weighted by Gasteiger charge is -2.37. The van der Waals surface area contributed by atoms with Crippen molar-refractivity contribution in [2.24, 2.45) is 5.73 Å². The molecular formula is C16H20FN3O5. The number of hydrogen-bond donors (Lipinski definition) is 2. The first-order valence-electron chi connectivity index (χ1n) is 7.75. The van der Waals surface area contributed by atoms with Crippen molar-refractivity contribution in [1.29, 1.82) is 0 Å². The molecule has 136 valence electrons. The number of ether oxygens (including phenoxy) is 1. The molecule has 25 heavy (non-hydrogen) atoms. The van der Waals surface area contributed by atoms with Crippen molar-refractivity contribution in [3.8, 4) is 0 Å². The Bertz CT molecular complexity index is 661. The Morgan fingerprint density at radius 2 is 1.80 bits per heavy atom. The quantitative estimate of drug-likeness (QED) is 0.706. The minimum absolute atomic E-state index is 0.233. The topological polar surface area (TPSA) is 113 Å². The summed E-state index contributed by atoms with van der Waals surface area (Å²) in [5.41, 5.74) is 5.91. The average Bonchev–Trinajstić information content (AvgIpc) is 2.59. The molecule has 2 rings (SSSR count). The number of carbonyl (C=O) groups is 3. The fourth-order valence-corrected chi connectivity index (χ4v) is 2.64. The van der Waals surface area contributed by atoms with Crippen molar-refractivity contribution in [2.45, 2.75) is 19.1 Å². The molecule has 1 aliphatic rings. The van der Waals surface area contributed by atoms with E-state index in [0.29, 0.717) is 18.8 Å². The molecule has 0 aliphatic carbocycles. The Morgan fingerprint density at radius 3 is 2.32 bits per heavy atom. The number of rotatable bonds is 5. The highest BCUT2D eigenvalue weighted by atomic mass is 19.1. The Labute approximate surface area is 143 Å². The number of hydrogen-bond acceptors (Lipinski definition) is 6. The number of benzene rings is 1. The summed E-state index contributed by atoms with van der Waals surface area (Å²) >= 11 is 0. The third kappa shape index (κ3) is 4.44. The molecule has 0 radical (unpaired) electrons. The van der Waals surface area contributed by atoms with Gasteiger partial charge in [0.15, 0.2) is 0 Å². The van der Waals surface area contributed by atoms with Crippen molar-refractivity contribution in [3.63, 3.8) is 0 Å². The molecule has 0 spiro atoms. The predicted octanol–water partition coefficient (Wildman–Crippen LogP) is -0.182. The van der Waals surface area contributed by atoms with E-state index in [1.54, 1.807) is 23.1 Å². The van der Waals surface area contributed by atoms with Crippen LogP contribution in [0.25, 0.3) is 0 Å². The Balaban J connectivity index is 2.04. The summed E-state index contributed by atoms with van der Waals surface area (Å²) in [6, 6.07) is 4.67. The molecule has 1 aromatic rings. The second-order valence-electron chi connectivity index (χ2n) is 5.66. The van der Waals surface area contributed by atoms with Crippen LogP contribution in [0, 0.1) is 5.82 Å². The second kappa shape index (κ2) is 7.93. The predicted molar refractivity (Wildman–Crippen MR) is 86.4 cm³/mol. The number of carboxylic acids is 1. The molecule has 3 N–H and O–H groups in total. The molecule has 1 saturated heterocycles. The number of aliphatic carboxylic acids is 1. The van der Waals surface area contributed by atoms with Crippen molar-refractivity contribution < 1.29 is 28.6 Å². The lowest BCUT2D eigenvalue weighted by Crippen LogP contribution is -2.57. The molecule has 0 unspecified atom stereocenters. The molecule has 0 saturated carbocycles. The van der Waals surface area contributed by atoms with Crippen LogP contribution in [0.4, 0.5) is 10.1 Å². The maximum Gasteiger partial charge on any atom is 0.324 e. The molecule has 0 aromatic heterocycles. The van der Waals surface area contributed by atoms with Crippen molar-refractivity contribution in [3.05, 3.63) is 30.1 Å². The van der Waals surface area contributed by atoms with Gasteiger partial charge in [-0.05, 0) is 12.1 Å². The van der Waals surface area contributed by atoms with Gasteiger partial charge in [0.1, 0.15) is 11.9 Å². The van der Waals surface area contributed by atoms with E-state index >= 15 is 0 Å². The number of nitrogens with two attached hydrogens (primary N) is 1. The van der Waals surface area contributed by atoms with Gasteiger partial charge in [-0.3, -0.25) is 14.4 Å². The van der Waals surface area contributed by atoms with Gasteiger partial charge in [-0.15, -0.1) is 0 Å². The summed E-state index contributed by atoms with van der Waals surface area (Å²) in [6.45, 7) is 2.27. The minimum atomic E-state index is -1.65. The van der Waals surface area contributed by atoms with E-state index in [0.717, 1.165) is 6.92 Å². The van der Waals surface area contributed by atoms with Gasteiger partial charge < -0.3 is 25.4 Å². The lowest BCUT2D eigenvalue weighted by molar-refractivity contribution is -0.164. The molecule has 1 amide bonds. The summed E-state index contributed by atoms with van der Waals surface area (Å²) in [6.07, 6.45) is -1.59. The van der Waals surface area contributed by atoms with Crippen LogP contribution in [0.1, 0.15) is 6.92 Å². The maximum atomic E-state index is 13.8. The van der Waals surface area contributed by atoms with Crippen LogP contribution >= 0.6 is 0 Å². The number of esters is 1. The van der Waals surface area contributed by atoms with Crippen LogP contribution in [-0.4, -0.2) is 66.2 Å². The number of amides is 1. The number of nitrogens with zero attached hydrogens (tertiary/aromatic N) is 2. The van der Waals surface area contributed by atoms with E-state index in [4.69, 9.17) is 15.6 Å². The van der Waals surface area contributed by atoms with Crippen LogP contribution < -0.4 is 10.6 Å². The fraction of sp³-hybridized carbons (Fsp3) is 0.438. The molecule has 1 aliphatic heterocycles. The van der Waals surface area contributed by atoms with Crippen LogP contribution in [0.3, 0.4) is 0 Å². The van der Waals surface area contributed by atoms with Gasteiger partial charge in [-0.25, -0.2) is 4.39 Å². The summed E-state index contributed by atoms with van der Waals surface area (Å²) in [4.78, 5) is 37.9. The molecule has 8 nitrogen and oxygen atoms in total. The zero-order valence-corrected chi connectivity index (χ0v) is 13.7. The van der Waals surface area contributed by atoms with Crippen molar-refractivity contribution in [1.82, 2.24) is 4.90 Å². The SMILES string of the molecule is CC(=O)O[C@@H](C(=O)N1CCN(c2ccccc2F)CC1)[C@@H](N)C(=O)O. The van der Waals surface area contributed by atoms with Crippen LogP contribution in [-0.2, 0) is 19.1 Å². The minimum Gasteiger partial charge on any atom is -0.480 e. The highest BCUT2D eigenvalue weighted by Gasteiger charge is 2.37. The van der Waals surface area contributed by atoms with Gasteiger partial charge in [0.2, 0.25) is 6.10 Å². The van der Waals surface area contributed by atoms with Crippen molar-refractivity contribution in [2.75, 3.05) is 31.1 Å². The van der Waals surface area contributed by atoms with Crippen LogP contribution in [0.15, 0.2) is 24.3 Å². The number of piperazine rings is 1. The normalized spacial score (nSPS) is 16.9. The van der Waals surface area contributed by atoms with E-state index in [-0.39, 0.29) is 18.9 Å². The third-order valence-electron chi connectivity index (χ3n) is 3.93. The first kappa shape index (κ1) is 18.7. The fourth-order valence-electron chi connectivity index (χ4n) is 2.64. The smallest absolute Gasteiger partial charge is 0.324 e. The summed E-state index contributed by atoms with van der Waals surface area (Å²) in [5, 5.41) is 9.00. The molecule has 2 atom stereocenters. The van der Waals surface area contributed by atoms with Gasteiger partial charge in [0.05, 0.1) is 5.69 Å². The van der Waals surface area contributed by atoms with E-state index in [1.165, 1.54) is 11.0 Å². The average molecular weight is 353 g/mol. The molecule has 9 heteroatoms. The van der Waals surface area contributed by atoms with E-state index in [9.17, 15) is 18.8 Å². The number of para-hydroxylation sites is 1. The van der Waals surface area contributed by atoms with Crippen molar-refractivity contribution >= 4 is 23.5 Å². The standard InChI is InChI=1S/C16H20FN3O5/c1-10(21)25-14(13(18)16(23)24)15(22)20-8-6-19(7-9-20)12-5-3-2-4-11(12)17/h2-5,13-14H,6-9,18H2,1H3,(H,23,24)/t13-,14-/m1/s1. The molecule has 1 heterocycles. The lowest BCUT2D eigenvalue weighted by atomic mass is 10.1. The Kier molecular flexibility index (Phi) is 5.92. The van der Waals surface area contributed by atoms with Gasteiger partial charge in [-0.2, -0.15) is 0 Å². The zero-order valence-electron chi connectivity index (χ0n) is 13.7. The second-order valence-corrected chi connectivity index (χ2v) is 5.66. The van der Waals surface area contributed by atoms with Crippen LogP contribution in [0.2, 0.25) is 0 Å². The number of carbonyl (C=O) groups excluding carboxylic acids is 2. The summed E-state index contributed by atoms with van der Waals surface area (Å²) in [5.74, 6) is -3.25. The Hall–Kier alpha value is -2.68. The van der Waals surface area contributed by atoms with Gasteiger partial charge in [0, 0.05) is 33.1 Å². The van der Waals surface area contributed by atoms with Gasteiger partial charge >= 0.3 is 11.9 Å². The maximum absolute atomic E-state index is 13.8. The van der Waals surface area contributed by atoms with E-state index in [2.05, 4.69) is 0 Å². The summed E-state index contributed by atoms with van der Waals surface area (Å²) in [7, 11) is 0. The third-order valence-corrected chi connectivity index (χ3v) is 3.93. The highest BCUT2D eigenvalue weighted by molar-refractivity contribution is 5.90. The summed E-state index contributed by atoms with van der Waals surface area (Å²) < 4.78 is 18.6. The van der Waals surface area contributed by atoms with Gasteiger partial charge in [-0.1, -0.05) is 12.1 Å². The largest absolute Gasteiger partial charge is 0.480 e. The highest BCUT2D eigenvalue weighted by Crippen LogP contribution is 2.20. The molecule has 1 aromatic carbocycles. The van der Waals surface area contributed by atoms with E-state index in [1.807, 2.05) is 0 Å². The first-order valence-corrected chi connectivity index (χ1v) is 7.75. The number of halogens is 1. The molecular weight excluding hydrogens is 333 g/mol. The number of carboxylic acid groups (broad SMARTS) is 1. The Morgan fingerprint density at radius 1 is 1.20 bits per heavy atom. The van der Waals surface area contributed by atoms with Gasteiger partial charge in [0.25, 0.3) is 5.91 Å². The van der Waals surface area contributed by atoms with E-state index < -0.39 is 30.0 Å². The van der Waals surface area contributed by atoms with Crippen LogP contribution in [0.5, 0.6) is 0 Å².